The van der Waals surface area contributed by atoms with Crippen molar-refractivity contribution in [1.29, 1.82) is 0 Å². The molecule has 6 heteroatoms. The third-order valence-corrected chi connectivity index (χ3v) is 2.77. The van der Waals surface area contributed by atoms with E-state index in [1.165, 1.54) is 0 Å². The van der Waals surface area contributed by atoms with E-state index in [2.05, 4.69) is 4.98 Å². The normalized spacial score (nSPS) is 11.6. The topological polar surface area (TPSA) is 50.2 Å². The summed E-state index contributed by atoms with van der Waals surface area (Å²) in [6.07, 6.45) is 1.22. The summed E-state index contributed by atoms with van der Waals surface area (Å²) in [5.41, 5.74) is 0. The Morgan fingerprint density at radius 1 is 1.71 bits per heavy atom. The molecule has 1 heterocycles. The molecule has 0 fully saturated rings. The lowest BCUT2D eigenvalue weighted by Crippen LogP contribution is -2.03. The summed E-state index contributed by atoms with van der Waals surface area (Å²) in [5.74, 6) is -3.84. The smallest absolute Gasteiger partial charge is 0.303 e. The van der Waals surface area contributed by atoms with E-state index in [0.29, 0.717) is 5.01 Å². The number of hydrogen-bond acceptors (Lipinski definition) is 3. The summed E-state index contributed by atoms with van der Waals surface area (Å²) in [6, 6.07) is 0. The molecule has 1 aromatic heterocycles. The van der Waals surface area contributed by atoms with Crippen LogP contribution in [0.3, 0.4) is 0 Å². The van der Waals surface area contributed by atoms with Gasteiger partial charge in [0.2, 0.25) is 0 Å². The Kier molecular flexibility index (Phi) is 3.15. The molecule has 0 aliphatic heterocycles. The molecular weight excluding hydrogens is 212 g/mol. The fraction of sp³-hybridized carbons (Fsp3) is 0.500. The Labute approximate surface area is 83.4 Å². The molecule has 1 aromatic rings. The van der Waals surface area contributed by atoms with Crippen molar-refractivity contribution in [2.24, 2.45) is 0 Å². The van der Waals surface area contributed by atoms with Crippen molar-refractivity contribution < 1.29 is 18.7 Å². The second-order valence-corrected chi connectivity index (χ2v) is 4.02. The maximum atomic E-state index is 12.7. The summed E-state index contributed by atoms with van der Waals surface area (Å²) in [5, 5.41) is 8.80. The van der Waals surface area contributed by atoms with Crippen LogP contribution in [0.25, 0.3) is 0 Å². The van der Waals surface area contributed by atoms with Crippen molar-refractivity contribution in [1.82, 2.24) is 4.98 Å². The Morgan fingerprint density at radius 3 is 2.79 bits per heavy atom. The van der Waals surface area contributed by atoms with Gasteiger partial charge in [0.05, 0.1) is 16.3 Å². The van der Waals surface area contributed by atoms with Gasteiger partial charge in [0.15, 0.2) is 0 Å². The second kappa shape index (κ2) is 4.00. The molecule has 14 heavy (non-hydrogen) atoms. The third kappa shape index (κ3) is 3.02. The summed E-state index contributed by atoms with van der Waals surface area (Å²) in [4.78, 5) is 13.8. The van der Waals surface area contributed by atoms with Crippen LogP contribution in [-0.2, 0) is 17.1 Å². The van der Waals surface area contributed by atoms with Crippen LogP contribution in [0.2, 0.25) is 0 Å². The monoisotopic (exact) mass is 221 g/mol. The number of aliphatic carboxylic acids is 1. The predicted molar refractivity (Wildman–Crippen MR) is 47.6 cm³/mol. The molecule has 3 nitrogen and oxygen atoms in total. The molecule has 0 spiro atoms. The molecule has 0 saturated carbocycles. The number of nitrogens with zero attached hydrogens (tertiary/aromatic N) is 1. The van der Waals surface area contributed by atoms with Gasteiger partial charge in [0.1, 0.15) is 0 Å². The van der Waals surface area contributed by atoms with Crippen LogP contribution < -0.4 is 0 Å². The molecule has 78 valence electrons. The van der Waals surface area contributed by atoms with Gasteiger partial charge in [-0.15, -0.1) is 11.3 Å². The number of thiazole rings is 1. The van der Waals surface area contributed by atoms with Crippen molar-refractivity contribution in [3.05, 3.63) is 16.1 Å². The average Bonchev–Trinajstić information content (AvgIpc) is 2.47. The molecular formula is C8H9F2NO2S. The highest BCUT2D eigenvalue weighted by Gasteiger charge is 2.27. The first-order valence-electron chi connectivity index (χ1n) is 3.94. The molecule has 0 aliphatic rings. The highest BCUT2D eigenvalue weighted by atomic mass is 32.1. The SMILES string of the molecule is CC(F)(F)c1cnc(CCC(=O)O)s1. The molecule has 0 saturated heterocycles. The molecule has 1 N–H and O–H groups in total. The Morgan fingerprint density at radius 2 is 2.36 bits per heavy atom. The Balaban J connectivity index is 2.64. The van der Waals surface area contributed by atoms with Crippen molar-refractivity contribution in [3.8, 4) is 0 Å². The van der Waals surface area contributed by atoms with Crippen LogP contribution >= 0.6 is 11.3 Å². The van der Waals surface area contributed by atoms with Gasteiger partial charge in [-0.25, -0.2) is 13.8 Å². The van der Waals surface area contributed by atoms with Crippen molar-refractivity contribution in [2.75, 3.05) is 0 Å². The molecule has 0 atom stereocenters. The van der Waals surface area contributed by atoms with Crippen molar-refractivity contribution in [3.63, 3.8) is 0 Å². The van der Waals surface area contributed by atoms with Crippen LogP contribution in [0.15, 0.2) is 6.20 Å². The number of hydrogen-bond donors (Lipinski definition) is 1. The molecule has 0 amide bonds. The van der Waals surface area contributed by atoms with Crippen molar-refractivity contribution in [2.45, 2.75) is 25.7 Å². The number of rotatable bonds is 4. The van der Waals surface area contributed by atoms with Gasteiger partial charge in [-0.2, -0.15) is 0 Å². The van der Waals surface area contributed by atoms with E-state index < -0.39 is 11.9 Å². The Hall–Kier alpha value is -1.04. The van der Waals surface area contributed by atoms with E-state index in [-0.39, 0.29) is 17.7 Å². The van der Waals surface area contributed by atoms with E-state index in [4.69, 9.17) is 5.11 Å². The second-order valence-electron chi connectivity index (χ2n) is 2.90. The molecule has 0 aliphatic carbocycles. The maximum Gasteiger partial charge on any atom is 0.303 e. The average molecular weight is 221 g/mol. The molecule has 0 unspecified atom stereocenters. The van der Waals surface area contributed by atoms with E-state index in [9.17, 15) is 13.6 Å². The summed E-state index contributed by atoms with van der Waals surface area (Å²) >= 11 is 0.857. The number of halogens is 2. The van der Waals surface area contributed by atoms with Crippen molar-refractivity contribution >= 4 is 17.3 Å². The van der Waals surface area contributed by atoms with E-state index >= 15 is 0 Å². The number of aromatic nitrogens is 1. The fourth-order valence-electron chi connectivity index (χ4n) is 0.843. The number of carbonyl (C=O) groups is 1. The van der Waals surface area contributed by atoms with E-state index in [1.54, 1.807) is 0 Å². The van der Waals surface area contributed by atoms with Crippen LogP contribution in [0, 0.1) is 0 Å². The largest absolute Gasteiger partial charge is 0.481 e. The van der Waals surface area contributed by atoms with Crippen LogP contribution in [0.4, 0.5) is 8.78 Å². The first kappa shape index (κ1) is 11.0. The fourth-order valence-corrected chi connectivity index (χ4v) is 1.69. The lowest BCUT2D eigenvalue weighted by Gasteiger charge is -2.04. The lowest BCUT2D eigenvalue weighted by molar-refractivity contribution is -0.136. The minimum Gasteiger partial charge on any atom is -0.481 e. The van der Waals surface area contributed by atoms with E-state index in [1.807, 2.05) is 0 Å². The molecule has 0 radical (unpaired) electrons. The zero-order valence-electron chi connectivity index (χ0n) is 7.46. The van der Waals surface area contributed by atoms with Crippen LogP contribution in [0.1, 0.15) is 23.2 Å². The zero-order chi connectivity index (χ0) is 10.8. The van der Waals surface area contributed by atoms with Gasteiger partial charge in [-0.3, -0.25) is 4.79 Å². The Bertz CT molecular complexity index is 332. The first-order chi connectivity index (χ1) is 6.39. The lowest BCUT2D eigenvalue weighted by atomic mass is 10.3. The van der Waals surface area contributed by atoms with Gasteiger partial charge in [-0.1, -0.05) is 0 Å². The number of carboxylic acids is 1. The van der Waals surface area contributed by atoms with Gasteiger partial charge < -0.3 is 5.11 Å². The van der Waals surface area contributed by atoms with Gasteiger partial charge in [0.25, 0.3) is 5.92 Å². The van der Waals surface area contributed by atoms with Gasteiger partial charge in [0, 0.05) is 19.5 Å². The highest BCUT2D eigenvalue weighted by Crippen LogP contribution is 2.31. The minimum atomic E-state index is -2.89. The summed E-state index contributed by atoms with van der Waals surface area (Å²) in [6.45, 7) is 0.793. The summed E-state index contributed by atoms with van der Waals surface area (Å²) < 4.78 is 25.4. The number of carboxylic acid groups (broad SMARTS) is 1. The quantitative estimate of drug-likeness (QED) is 0.848. The number of aryl methyl sites for hydroxylation is 1. The van der Waals surface area contributed by atoms with Crippen LogP contribution in [-0.4, -0.2) is 16.1 Å². The third-order valence-electron chi connectivity index (χ3n) is 1.54. The summed E-state index contributed by atoms with van der Waals surface area (Å²) in [7, 11) is 0. The standard InChI is InChI=1S/C8H9F2NO2S/c1-8(9,10)5-4-11-6(14-5)2-3-7(12)13/h4H,2-3H2,1H3,(H,12,13). The van der Waals surface area contributed by atoms with Crippen LogP contribution in [0.5, 0.6) is 0 Å². The molecule has 1 rings (SSSR count). The number of alkyl halides is 2. The minimum absolute atomic E-state index is 0.0811. The van der Waals surface area contributed by atoms with Gasteiger partial charge >= 0.3 is 5.97 Å². The maximum absolute atomic E-state index is 12.7. The molecule has 0 aromatic carbocycles. The highest BCUT2D eigenvalue weighted by molar-refractivity contribution is 7.11. The first-order valence-corrected chi connectivity index (χ1v) is 4.76. The molecule has 0 bridgehead atoms. The predicted octanol–water partition coefficient (Wildman–Crippen LogP) is 2.27. The van der Waals surface area contributed by atoms with E-state index in [0.717, 1.165) is 24.5 Å². The van der Waals surface area contributed by atoms with Gasteiger partial charge in [-0.05, 0) is 0 Å². The zero-order valence-corrected chi connectivity index (χ0v) is 8.27.